The summed E-state index contributed by atoms with van der Waals surface area (Å²) in [7, 11) is 0. The van der Waals surface area contributed by atoms with E-state index >= 15 is 0 Å². The summed E-state index contributed by atoms with van der Waals surface area (Å²) in [5.41, 5.74) is 8.22. The number of para-hydroxylation sites is 1. The number of rotatable bonds is 11. The summed E-state index contributed by atoms with van der Waals surface area (Å²) in [5, 5.41) is 8.18. The Kier molecular flexibility index (Phi) is 10.9. The largest absolute Gasteiger partial charge is 0.366 e. The van der Waals surface area contributed by atoms with Gasteiger partial charge in [0, 0.05) is 21.2 Å². The van der Waals surface area contributed by atoms with Crippen LogP contribution in [-0.4, -0.2) is 23.6 Å². The second-order valence-electron chi connectivity index (χ2n) is 10.2. The van der Waals surface area contributed by atoms with Gasteiger partial charge in [-0.2, -0.15) is 0 Å². The van der Waals surface area contributed by atoms with Crippen molar-refractivity contribution in [2.45, 2.75) is 10.1 Å². The fourth-order valence-corrected chi connectivity index (χ4v) is 5.88. The Morgan fingerprint density at radius 1 is 0.723 bits per heavy atom. The monoisotopic (exact) mass is 660 g/mol. The fourth-order valence-electron chi connectivity index (χ4n) is 4.59. The van der Waals surface area contributed by atoms with Crippen LogP contribution in [0.5, 0.6) is 0 Å². The third-order valence-corrected chi connectivity index (χ3v) is 8.31. The van der Waals surface area contributed by atoms with Crippen molar-refractivity contribution in [1.29, 1.82) is 0 Å². The quantitative estimate of drug-likeness (QED) is 0.0871. The summed E-state index contributed by atoms with van der Waals surface area (Å²) in [6.45, 7) is 0. The Morgan fingerprint density at radius 2 is 1.40 bits per heavy atom. The van der Waals surface area contributed by atoms with E-state index in [2.05, 4.69) is 16.0 Å². The molecular weight excluding hydrogens is 632 g/mol. The number of hydrogen-bond acceptors (Lipinski definition) is 5. The van der Waals surface area contributed by atoms with Gasteiger partial charge in [0.1, 0.15) is 10.9 Å². The van der Waals surface area contributed by atoms with Crippen LogP contribution in [0.15, 0.2) is 144 Å². The molecule has 0 bridgehead atoms. The molecule has 10 heteroatoms. The van der Waals surface area contributed by atoms with E-state index in [0.717, 1.165) is 5.56 Å². The fraction of sp³-hybridized carbons (Fsp3) is 0.0270. The molecule has 0 saturated heterocycles. The van der Waals surface area contributed by atoms with Gasteiger partial charge in [-0.1, -0.05) is 90.5 Å². The van der Waals surface area contributed by atoms with Gasteiger partial charge in [-0.3, -0.25) is 19.2 Å². The smallest absolute Gasteiger partial charge is 0.272 e. The van der Waals surface area contributed by atoms with E-state index in [9.17, 15) is 19.2 Å². The van der Waals surface area contributed by atoms with Gasteiger partial charge in [0.05, 0.1) is 11.3 Å². The van der Waals surface area contributed by atoms with Crippen molar-refractivity contribution >= 4 is 64.4 Å². The summed E-state index contributed by atoms with van der Waals surface area (Å²) < 4.78 is 0. The minimum atomic E-state index is -0.716. The first-order chi connectivity index (χ1) is 22.8. The van der Waals surface area contributed by atoms with Gasteiger partial charge >= 0.3 is 0 Å². The normalized spacial score (nSPS) is 11.6. The molecule has 0 aliphatic rings. The zero-order chi connectivity index (χ0) is 33.2. The second-order valence-corrected chi connectivity index (χ2v) is 11.8. The van der Waals surface area contributed by atoms with Crippen LogP contribution in [0.4, 0.5) is 11.4 Å². The molecule has 0 aliphatic carbocycles. The van der Waals surface area contributed by atoms with E-state index in [1.807, 2.05) is 36.4 Å². The molecule has 1 atom stereocenters. The highest BCUT2D eigenvalue weighted by atomic mass is 35.5. The third kappa shape index (κ3) is 8.97. The maximum absolute atomic E-state index is 13.7. The molecule has 5 aromatic carbocycles. The van der Waals surface area contributed by atoms with Gasteiger partial charge in [-0.25, -0.2) is 0 Å². The number of carbonyl (C=O) groups is 4. The SMILES string of the molecule is NC(=O)c1ccccc1NC(=O)C(Sc1cccc(NC(=O)/C(=C\c2cccc(Cl)c2)NC(=O)c2ccccc2)c1)c1ccccc1. The topological polar surface area (TPSA) is 130 Å². The van der Waals surface area contributed by atoms with Crippen LogP contribution in [-0.2, 0) is 9.59 Å². The molecule has 47 heavy (non-hydrogen) atoms. The van der Waals surface area contributed by atoms with Crippen molar-refractivity contribution in [2.75, 3.05) is 10.6 Å². The molecule has 0 saturated carbocycles. The van der Waals surface area contributed by atoms with Gasteiger partial charge in [-0.05, 0) is 71.8 Å². The first-order valence-electron chi connectivity index (χ1n) is 14.4. The summed E-state index contributed by atoms with van der Waals surface area (Å²) in [6, 6.07) is 38.2. The van der Waals surface area contributed by atoms with Crippen molar-refractivity contribution in [1.82, 2.24) is 5.32 Å². The molecule has 4 amide bonds. The average Bonchev–Trinajstić information content (AvgIpc) is 3.08. The summed E-state index contributed by atoms with van der Waals surface area (Å²) in [6.07, 6.45) is 1.54. The Hall–Kier alpha value is -5.64. The van der Waals surface area contributed by atoms with Crippen molar-refractivity contribution in [3.63, 3.8) is 0 Å². The number of nitrogens with one attached hydrogen (secondary N) is 3. The number of primary amides is 1. The Bertz CT molecular complexity index is 1950. The van der Waals surface area contributed by atoms with E-state index in [1.54, 1.807) is 103 Å². The van der Waals surface area contributed by atoms with Gasteiger partial charge in [0.15, 0.2) is 0 Å². The Labute approximate surface area is 281 Å². The van der Waals surface area contributed by atoms with E-state index in [-0.39, 0.29) is 17.2 Å². The van der Waals surface area contributed by atoms with E-state index in [4.69, 9.17) is 17.3 Å². The van der Waals surface area contributed by atoms with Crippen LogP contribution in [0, 0.1) is 0 Å². The minimum Gasteiger partial charge on any atom is -0.366 e. The minimum absolute atomic E-state index is 0.00818. The lowest BCUT2D eigenvalue weighted by molar-refractivity contribution is -0.116. The molecule has 0 radical (unpaired) electrons. The molecule has 5 N–H and O–H groups in total. The van der Waals surface area contributed by atoms with E-state index < -0.39 is 23.0 Å². The van der Waals surface area contributed by atoms with Crippen LogP contribution in [0.2, 0.25) is 5.02 Å². The molecule has 234 valence electrons. The van der Waals surface area contributed by atoms with Crippen LogP contribution >= 0.6 is 23.4 Å². The van der Waals surface area contributed by atoms with Crippen molar-refractivity contribution in [3.8, 4) is 0 Å². The highest BCUT2D eigenvalue weighted by Gasteiger charge is 2.24. The summed E-state index contributed by atoms with van der Waals surface area (Å²) >= 11 is 7.43. The number of thioether (sulfide) groups is 1. The summed E-state index contributed by atoms with van der Waals surface area (Å²) in [4.78, 5) is 52.9. The Balaban J connectivity index is 1.39. The number of benzene rings is 5. The number of halogens is 1. The third-order valence-electron chi connectivity index (χ3n) is 6.83. The number of carbonyl (C=O) groups excluding carboxylic acids is 4. The predicted molar refractivity (Wildman–Crippen MR) is 187 cm³/mol. The molecule has 0 aromatic heterocycles. The maximum atomic E-state index is 13.7. The highest BCUT2D eigenvalue weighted by Crippen LogP contribution is 2.37. The number of amides is 4. The second kappa shape index (κ2) is 15.6. The van der Waals surface area contributed by atoms with E-state index in [0.29, 0.717) is 32.4 Å². The highest BCUT2D eigenvalue weighted by molar-refractivity contribution is 8.00. The van der Waals surface area contributed by atoms with Gasteiger partial charge in [-0.15, -0.1) is 11.8 Å². The lowest BCUT2D eigenvalue weighted by Crippen LogP contribution is -2.30. The van der Waals surface area contributed by atoms with Crippen LogP contribution in [0.3, 0.4) is 0 Å². The van der Waals surface area contributed by atoms with Gasteiger partial charge in [0.25, 0.3) is 17.7 Å². The van der Waals surface area contributed by atoms with E-state index in [1.165, 1.54) is 11.8 Å². The molecule has 5 aromatic rings. The van der Waals surface area contributed by atoms with Crippen LogP contribution in [0.1, 0.15) is 37.1 Å². The molecule has 1 unspecified atom stereocenters. The number of nitrogens with two attached hydrogens (primary N) is 1. The Morgan fingerprint density at radius 3 is 2.13 bits per heavy atom. The molecule has 0 heterocycles. The molecule has 0 spiro atoms. The van der Waals surface area contributed by atoms with Crippen LogP contribution in [0.25, 0.3) is 6.08 Å². The standard InChI is InChI=1S/C37H29ClN4O4S/c38-27-16-9-11-24(21-27)22-32(42-35(44)26-14-5-2-6-15-26)36(45)40-28-17-10-18-29(23-28)47-33(25-12-3-1-4-13-25)37(46)41-31-20-8-7-19-30(31)34(39)43/h1-23,33H,(H2,39,43)(H,40,45)(H,41,46)(H,42,44)/b32-22+. The zero-order valence-electron chi connectivity index (χ0n) is 24.9. The van der Waals surface area contributed by atoms with Crippen LogP contribution < -0.4 is 21.7 Å². The van der Waals surface area contributed by atoms with Crippen molar-refractivity contribution in [2.24, 2.45) is 5.73 Å². The zero-order valence-corrected chi connectivity index (χ0v) is 26.4. The maximum Gasteiger partial charge on any atom is 0.272 e. The molecule has 8 nitrogen and oxygen atoms in total. The predicted octanol–water partition coefficient (Wildman–Crippen LogP) is 7.32. The molecule has 0 fully saturated rings. The first-order valence-corrected chi connectivity index (χ1v) is 15.7. The van der Waals surface area contributed by atoms with Crippen molar-refractivity contribution < 1.29 is 19.2 Å². The molecule has 0 aliphatic heterocycles. The molecule has 5 rings (SSSR count). The summed E-state index contributed by atoms with van der Waals surface area (Å²) in [5.74, 6) is -2.03. The average molecular weight is 661 g/mol. The molecular formula is C37H29ClN4O4S. The van der Waals surface area contributed by atoms with Gasteiger partial charge < -0.3 is 21.7 Å². The number of anilines is 2. The van der Waals surface area contributed by atoms with Crippen molar-refractivity contribution in [3.05, 3.63) is 166 Å². The lowest BCUT2D eigenvalue weighted by atomic mass is 10.1. The van der Waals surface area contributed by atoms with Gasteiger partial charge in [0.2, 0.25) is 5.91 Å². The lowest BCUT2D eigenvalue weighted by Gasteiger charge is -2.18. The number of hydrogen-bond donors (Lipinski definition) is 4. The first kappa shape index (κ1) is 32.7.